The first kappa shape index (κ1) is 20.1. The Morgan fingerprint density at radius 1 is 0.686 bits per heavy atom. The van der Waals surface area contributed by atoms with Crippen LogP contribution in [0.5, 0.6) is 0 Å². The van der Waals surface area contributed by atoms with E-state index in [0.29, 0.717) is 5.89 Å². The average Bonchev–Trinajstić information content (AvgIpc) is 3.68. The predicted molar refractivity (Wildman–Crippen MR) is 150 cm³/mol. The molecule has 7 aromatic heterocycles. The number of benzene rings is 1. The van der Waals surface area contributed by atoms with E-state index < -0.39 is 0 Å². The fourth-order valence-electron chi connectivity index (χ4n) is 4.30. The molecule has 0 spiro atoms. The number of oxazole rings is 1. The van der Waals surface area contributed by atoms with E-state index in [1.807, 2.05) is 11.4 Å². The van der Waals surface area contributed by atoms with E-state index in [-0.39, 0.29) is 0 Å². The van der Waals surface area contributed by atoms with Crippen LogP contribution in [-0.2, 0) is 0 Å². The molecule has 0 aliphatic rings. The van der Waals surface area contributed by atoms with Crippen LogP contribution in [-0.4, -0.2) is 19.9 Å². The topological polar surface area (TPSA) is 67.6 Å². The molecule has 0 saturated heterocycles. The molecule has 0 unspecified atom stereocenters. The molecule has 1 N–H and O–H groups in total. The fourth-order valence-corrected chi connectivity index (χ4v) is 8.46. The Kier molecular flexibility index (Phi) is 4.40. The highest BCUT2D eigenvalue weighted by molar-refractivity contribution is 7.28. The summed E-state index contributed by atoms with van der Waals surface area (Å²) in [6.07, 6.45) is 0. The summed E-state index contributed by atoms with van der Waals surface area (Å²) in [6.45, 7) is 0. The molecule has 168 valence electrons. The lowest BCUT2D eigenvalue weighted by Gasteiger charge is -2.14. The number of thiophene rings is 4. The summed E-state index contributed by atoms with van der Waals surface area (Å²) in [7, 11) is 0. The largest absolute Gasteiger partial charge is 0.435 e. The van der Waals surface area contributed by atoms with Gasteiger partial charge >= 0.3 is 0 Å². The number of fused-ring (bicyclic) bond motifs is 3. The van der Waals surface area contributed by atoms with Gasteiger partial charge in [-0.1, -0.05) is 12.1 Å². The molecular weight excluding hydrogens is 533 g/mol. The molecule has 0 bridgehead atoms. The number of rotatable bonds is 4. The second kappa shape index (κ2) is 7.67. The monoisotopic (exact) mass is 544 g/mol. The summed E-state index contributed by atoms with van der Waals surface area (Å²) in [4.78, 5) is 22.5. The van der Waals surface area contributed by atoms with Gasteiger partial charge in [-0.2, -0.15) is 4.98 Å². The zero-order valence-corrected chi connectivity index (χ0v) is 21.7. The fraction of sp³-hybridized carbons (Fsp3) is 0. The molecule has 0 radical (unpaired) electrons. The normalized spacial score (nSPS) is 12.0. The number of hydrogen-bond acceptors (Lipinski definition) is 9. The van der Waals surface area contributed by atoms with Gasteiger partial charge in [0.1, 0.15) is 20.5 Å². The first-order valence-corrected chi connectivity index (χ1v) is 15.0. The molecule has 0 atom stereocenters. The van der Waals surface area contributed by atoms with E-state index in [4.69, 9.17) is 19.4 Å². The van der Waals surface area contributed by atoms with Crippen LogP contribution in [0, 0.1) is 0 Å². The van der Waals surface area contributed by atoms with Crippen molar-refractivity contribution in [3.05, 3.63) is 64.0 Å². The van der Waals surface area contributed by atoms with E-state index >= 15 is 0 Å². The number of aromatic amines is 1. The van der Waals surface area contributed by atoms with Gasteiger partial charge in [0.2, 0.25) is 5.89 Å². The molecule has 10 heteroatoms. The van der Waals surface area contributed by atoms with Crippen molar-refractivity contribution in [2.24, 2.45) is 0 Å². The minimum Gasteiger partial charge on any atom is -0.435 e. The first-order valence-electron chi connectivity index (χ1n) is 10.6. The number of aromatic nitrogens is 4. The maximum Gasteiger partial charge on any atom is 0.229 e. The van der Waals surface area contributed by atoms with Gasteiger partial charge in [-0.15, -0.1) is 56.7 Å². The van der Waals surface area contributed by atoms with Crippen molar-refractivity contribution < 1.29 is 4.42 Å². The van der Waals surface area contributed by atoms with Gasteiger partial charge < -0.3 is 9.40 Å². The smallest absolute Gasteiger partial charge is 0.229 e. The molecule has 0 aliphatic heterocycles. The molecule has 7 heterocycles. The quantitative estimate of drug-likeness (QED) is 0.240. The van der Waals surface area contributed by atoms with Crippen molar-refractivity contribution in [2.75, 3.05) is 0 Å². The lowest BCUT2D eigenvalue weighted by molar-refractivity contribution is 0.620. The number of nitrogens with one attached hydrogen (secondary N) is 1. The molecule has 1 aromatic carbocycles. The molecule has 0 saturated carbocycles. The van der Waals surface area contributed by atoms with Gasteiger partial charge in [-0.3, -0.25) is 0 Å². The molecule has 8 rings (SSSR count). The SMILES string of the molecule is c1csc(-c2ccc(-c3nc4sccc4[nH]3)c(-c3nc4sccc4o3)c2-c2nc3sccc3s2)c1. The summed E-state index contributed by atoms with van der Waals surface area (Å²) in [6, 6.07) is 14.7. The Morgan fingerprint density at radius 2 is 1.54 bits per heavy atom. The highest BCUT2D eigenvalue weighted by Crippen LogP contribution is 2.48. The predicted octanol–water partition coefficient (Wildman–Crippen LogP) is 9.23. The van der Waals surface area contributed by atoms with Crippen LogP contribution in [0.4, 0.5) is 0 Å². The van der Waals surface area contributed by atoms with Crippen LogP contribution in [0.1, 0.15) is 0 Å². The molecule has 5 nitrogen and oxygen atoms in total. The van der Waals surface area contributed by atoms with E-state index in [1.54, 1.807) is 56.7 Å². The number of thiazole rings is 1. The van der Waals surface area contributed by atoms with Crippen LogP contribution in [0.25, 0.3) is 74.1 Å². The minimum atomic E-state index is 0.591. The lowest BCUT2D eigenvalue weighted by Crippen LogP contribution is -1.94. The molecule has 0 amide bonds. The third kappa shape index (κ3) is 3.11. The third-order valence-corrected chi connectivity index (χ3v) is 10.3. The molecular formula is C25H12N4OS5. The summed E-state index contributed by atoms with van der Waals surface area (Å²) < 4.78 is 7.53. The van der Waals surface area contributed by atoms with Crippen molar-refractivity contribution in [3.8, 4) is 43.9 Å². The van der Waals surface area contributed by atoms with Gasteiger partial charge in [0, 0.05) is 21.6 Å². The zero-order chi connectivity index (χ0) is 22.9. The standard InChI is InChI=1S/C25H12N4OS5/c1-2-16(31-8-1)12-3-4-13(20-26-14-5-9-32-22(14)27-20)18(21-28-23-15(30-21)6-10-33-23)19(12)25-29-24-17(35-25)7-11-34-24/h1-11H,(H,26,27). The number of hydrogen-bond donors (Lipinski definition) is 1. The number of imidazole rings is 1. The van der Waals surface area contributed by atoms with Crippen LogP contribution < -0.4 is 0 Å². The second-order valence-corrected chi connectivity index (χ2v) is 12.5. The average molecular weight is 545 g/mol. The maximum atomic E-state index is 6.34. The van der Waals surface area contributed by atoms with Crippen molar-refractivity contribution in [1.29, 1.82) is 0 Å². The van der Waals surface area contributed by atoms with Crippen molar-refractivity contribution in [1.82, 2.24) is 19.9 Å². The minimum absolute atomic E-state index is 0.591. The van der Waals surface area contributed by atoms with Gasteiger partial charge in [-0.05, 0) is 51.9 Å². The van der Waals surface area contributed by atoms with Crippen LogP contribution in [0.3, 0.4) is 0 Å². The zero-order valence-electron chi connectivity index (χ0n) is 17.6. The lowest BCUT2D eigenvalue weighted by atomic mass is 9.94. The second-order valence-electron chi connectivity index (χ2n) is 7.83. The number of nitrogens with zero attached hydrogens (tertiary/aromatic N) is 3. The third-order valence-electron chi connectivity index (χ3n) is 5.83. The van der Waals surface area contributed by atoms with Crippen molar-refractivity contribution >= 4 is 87.0 Å². The Labute approximate surface area is 218 Å². The van der Waals surface area contributed by atoms with Gasteiger partial charge in [-0.25, -0.2) is 9.97 Å². The van der Waals surface area contributed by atoms with Crippen LogP contribution >= 0.6 is 56.7 Å². The Morgan fingerprint density at radius 3 is 2.40 bits per heavy atom. The highest BCUT2D eigenvalue weighted by atomic mass is 32.1. The van der Waals surface area contributed by atoms with E-state index in [1.165, 1.54) is 9.58 Å². The van der Waals surface area contributed by atoms with Crippen molar-refractivity contribution in [2.45, 2.75) is 0 Å². The Bertz CT molecular complexity index is 1890. The van der Waals surface area contributed by atoms with Gasteiger partial charge in [0.15, 0.2) is 10.4 Å². The van der Waals surface area contributed by atoms with Gasteiger partial charge in [0.25, 0.3) is 0 Å². The summed E-state index contributed by atoms with van der Waals surface area (Å²) in [5.41, 5.74) is 5.85. The van der Waals surface area contributed by atoms with E-state index in [2.05, 4.69) is 57.5 Å². The molecule has 0 fully saturated rings. The highest BCUT2D eigenvalue weighted by Gasteiger charge is 2.27. The molecule has 8 aromatic rings. The van der Waals surface area contributed by atoms with E-state index in [0.717, 1.165) is 58.7 Å². The Hall–Kier alpha value is -3.15. The first-order chi connectivity index (χ1) is 17.3. The molecule has 0 aliphatic carbocycles. The Balaban J connectivity index is 1.50. The van der Waals surface area contributed by atoms with Gasteiger partial charge in [0.05, 0.1) is 15.8 Å². The summed E-state index contributed by atoms with van der Waals surface area (Å²) >= 11 is 8.30. The number of H-pyrrole nitrogens is 1. The van der Waals surface area contributed by atoms with E-state index in [9.17, 15) is 0 Å². The van der Waals surface area contributed by atoms with Crippen LogP contribution in [0.2, 0.25) is 0 Å². The van der Waals surface area contributed by atoms with Crippen LogP contribution in [0.15, 0.2) is 68.4 Å². The summed E-state index contributed by atoms with van der Waals surface area (Å²) in [5.74, 6) is 1.40. The molecule has 35 heavy (non-hydrogen) atoms. The summed E-state index contributed by atoms with van der Waals surface area (Å²) in [5, 5.41) is 9.21. The maximum absolute atomic E-state index is 6.34. The van der Waals surface area contributed by atoms with Crippen molar-refractivity contribution in [3.63, 3.8) is 0 Å².